The number of nitrogens with zero attached hydrogens (tertiary/aromatic N) is 1. The van der Waals surface area contributed by atoms with Crippen LogP contribution in [0, 0.1) is 6.92 Å². The first-order chi connectivity index (χ1) is 12.4. The van der Waals surface area contributed by atoms with Crippen LogP contribution in [0.4, 0.5) is 11.4 Å². The Bertz CT molecular complexity index is 1100. The maximum Gasteiger partial charge on any atom is 0.0689 e. The number of thiophene rings is 1. The molecule has 0 spiro atoms. The van der Waals surface area contributed by atoms with Gasteiger partial charge in [0.2, 0.25) is 0 Å². The quantitative estimate of drug-likeness (QED) is 0.211. The summed E-state index contributed by atoms with van der Waals surface area (Å²) >= 11 is 4.36. The van der Waals surface area contributed by atoms with Crippen LogP contribution in [0.2, 0.25) is 0 Å². The van der Waals surface area contributed by atoms with E-state index in [9.17, 15) is 0 Å². The number of fused-ring (bicyclic) bond motifs is 3. The van der Waals surface area contributed by atoms with Crippen molar-refractivity contribution in [1.29, 1.82) is 0 Å². The van der Waals surface area contributed by atoms with Gasteiger partial charge < -0.3 is 0 Å². The summed E-state index contributed by atoms with van der Waals surface area (Å²) in [6.07, 6.45) is 0. The van der Waals surface area contributed by atoms with E-state index in [1.165, 1.54) is 42.7 Å². The fourth-order valence-electron chi connectivity index (χ4n) is 3.46. The molecule has 0 unspecified atom stereocenters. The van der Waals surface area contributed by atoms with Crippen molar-refractivity contribution in [2.45, 2.75) is 33.1 Å². The van der Waals surface area contributed by atoms with Crippen molar-refractivity contribution in [3.05, 3.63) is 71.8 Å². The van der Waals surface area contributed by atoms with Crippen LogP contribution in [0.3, 0.4) is 0 Å². The molecular weight excluding hydrogens is 449 g/mol. The third-order valence-corrected chi connectivity index (χ3v) is 7.17. The van der Waals surface area contributed by atoms with Gasteiger partial charge in [-0.3, -0.25) is 3.11 Å². The van der Waals surface area contributed by atoms with Crippen molar-refractivity contribution in [3.63, 3.8) is 0 Å². The highest BCUT2D eigenvalue weighted by atomic mass is 127. The predicted octanol–water partition coefficient (Wildman–Crippen LogP) is 8.15. The summed E-state index contributed by atoms with van der Waals surface area (Å²) in [6.45, 7) is 9.06. The molecule has 132 valence electrons. The molecule has 0 radical (unpaired) electrons. The largest absolute Gasteiger partial charge is 0.281 e. The molecule has 0 aliphatic carbocycles. The minimum Gasteiger partial charge on any atom is -0.281 e. The Balaban J connectivity index is 1.99. The Morgan fingerprint density at radius 3 is 2.08 bits per heavy atom. The zero-order valence-electron chi connectivity index (χ0n) is 15.5. The van der Waals surface area contributed by atoms with Crippen LogP contribution in [0.1, 0.15) is 31.9 Å². The summed E-state index contributed by atoms with van der Waals surface area (Å²) in [5.74, 6) is 0. The van der Waals surface area contributed by atoms with Crippen molar-refractivity contribution in [3.8, 4) is 0 Å². The van der Waals surface area contributed by atoms with E-state index in [1.807, 2.05) is 11.3 Å². The highest BCUT2D eigenvalue weighted by molar-refractivity contribution is 14.1. The topological polar surface area (TPSA) is 3.24 Å². The van der Waals surface area contributed by atoms with E-state index >= 15 is 0 Å². The Morgan fingerprint density at radius 1 is 0.769 bits per heavy atom. The molecule has 0 saturated heterocycles. The molecule has 0 atom stereocenters. The van der Waals surface area contributed by atoms with Crippen molar-refractivity contribution in [2.75, 3.05) is 3.11 Å². The van der Waals surface area contributed by atoms with E-state index in [-0.39, 0.29) is 5.41 Å². The predicted molar refractivity (Wildman–Crippen MR) is 125 cm³/mol. The third kappa shape index (κ3) is 2.91. The lowest BCUT2D eigenvalue weighted by Crippen LogP contribution is -2.10. The fourth-order valence-corrected chi connectivity index (χ4v) is 6.10. The van der Waals surface area contributed by atoms with E-state index in [1.54, 1.807) is 0 Å². The number of para-hydroxylation sites is 1. The Labute approximate surface area is 173 Å². The molecule has 3 heteroatoms. The number of hydrogen-bond donors (Lipinski definition) is 0. The van der Waals surface area contributed by atoms with Gasteiger partial charge in [0.05, 0.1) is 38.9 Å². The molecule has 0 amide bonds. The van der Waals surface area contributed by atoms with Crippen molar-refractivity contribution < 1.29 is 0 Å². The minimum absolute atomic E-state index is 0.139. The number of rotatable bonds is 2. The van der Waals surface area contributed by atoms with E-state index in [0.717, 1.165) is 0 Å². The summed E-state index contributed by atoms with van der Waals surface area (Å²) in [5.41, 5.74) is 5.36. The molecule has 0 aliphatic rings. The standard InChI is InChI=1S/C23H22INS/c1-15-9-5-6-13-19(15)25(24)20-14-8-11-17-16-10-7-12-18(23(2,3)4)21(16)26-22(17)20/h5-14H,1-4H3. The molecule has 0 bridgehead atoms. The van der Waals surface area contributed by atoms with E-state index in [4.69, 9.17) is 0 Å². The van der Waals surface area contributed by atoms with E-state index < -0.39 is 0 Å². The molecular formula is C23H22INS. The van der Waals surface area contributed by atoms with Gasteiger partial charge in [-0.05, 0) is 35.6 Å². The maximum absolute atomic E-state index is 2.44. The summed E-state index contributed by atoms with van der Waals surface area (Å²) in [5, 5.41) is 2.72. The molecule has 0 fully saturated rings. The number of halogens is 1. The first-order valence-corrected chi connectivity index (χ1v) is 10.6. The lowest BCUT2D eigenvalue weighted by atomic mass is 9.86. The van der Waals surface area contributed by atoms with Crippen LogP contribution in [-0.4, -0.2) is 0 Å². The normalized spacial score (nSPS) is 12.0. The molecule has 1 aromatic heterocycles. The van der Waals surface area contributed by atoms with E-state index in [0.29, 0.717) is 0 Å². The SMILES string of the molecule is Cc1ccccc1N(I)c1cccc2c1sc1c(C(C)(C)C)cccc12. The van der Waals surface area contributed by atoms with Gasteiger partial charge in [-0.1, -0.05) is 69.3 Å². The second kappa shape index (κ2) is 6.54. The Hall–Kier alpha value is -1.59. The third-order valence-electron chi connectivity index (χ3n) is 4.85. The lowest BCUT2D eigenvalue weighted by molar-refractivity contribution is 0.597. The number of anilines is 2. The van der Waals surface area contributed by atoms with Crippen LogP contribution in [-0.2, 0) is 5.41 Å². The molecule has 4 rings (SSSR count). The van der Waals surface area contributed by atoms with Gasteiger partial charge in [0.1, 0.15) is 0 Å². The number of aryl methyl sites for hydroxylation is 1. The highest BCUT2D eigenvalue weighted by Gasteiger charge is 2.21. The van der Waals surface area contributed by atoms with Gasteiger partial charge in [-0.25, -0.2) is 0 Å². The summed E-state index contributed by atoms with van der Waals surface area (Å²) in [4.78, 5) is 0. The summed E-state index contributed by atoms with van der Waals surface area (Å²) in [6, 6.07) is 22.0. The second-order valence-corrected chi connectivity index (χ2v) is 9.74. The van der Waals surface area contributed by atoms with Crippen LogP contribution < -0.4 is 3.11 Å². The first-order valence-electron chi connectivity index (χ1n) is 8.84. The second-order valence-electron chi connectivity index (χ2n) is 7.76. The van der Waals surface area contributed by atoms with Crippen LogP contribution in [0.25, 0.3) is 20.2 Å². The maximum atomic E-state index is 2.44. The summed E-state index contributed by atoms with van der Waals surface area (Å²) in [7, 11) is 0. The molecule has 0 aliphatic heterocycles. The van der Waals surface area contributed by atoms with Gasteiger partial charge in [-0.2, -0.15) is 0 Å². The molecule has 0 saturated carbocycles. The monoisotopic (exact) mass is 471 g/mol. The van der Waals surface area contributed by atoms with Gasteiger partial charge in [0.15, 0.2) is 0 Å². The Morgan fingerprint density at radius 2 is 1.38 bits per heavy atom. The zero-order valence-corrected chi connectivity index (χ0v) is 18.5. The zero-order chi connectivity index (χ0) is 18.5. The number of benzene rings is 3. The van der Waals surface area contributed by atoms with Crippen molar-refractivity contribution in [1.82, 2.24) is 0 Å². The Kier molecular flexibility index (Phi) is 4.48. The van der Waals surface area contributed by atoms with Crippen LogP contribution >= 0.6 is 34.2 Å². The van der Waals surface area contributed by atoms with E-state index in [2.05, 4.69) is 114 Å². The van der Waals surface area contributed by atoms with Crippen molar-refractivity contribution in [2.24, 2.45) is 0 Å². The molecule has 1 nitrogen and oxygen atoms in total. The van der Waals surface area contributed by atoms with Gasteiger partial charge in [-0.15, -0.1) is 11.3 Å². The fraction of sp³-hybridized carbons (Fsp3) is 0.217. The molecule has 26 heavy (non-hydrogen) atoms. The van der Waals surface area contributed by atoms with Crippen LogP contribution in [0.5, 0.6) is 0 Å². The van der Waals surface area contributed by atoms with Gasteiger partial charge >= 0.3 is 0 Å². The smallest absolute Gasteiger partial charge is 0.0689 e. The van der Waals surface area contributed by atoms with Gasteiger partial charge in [0.25, 0.3) is 0 Å². The molecule has 4 aromatic rings. The molecule has 0 N–H and O–H groups in total. The van der Waals surface area contributed by atoms with Crippen molar-refractivity contribution >= 4 is 65.7 Å². The highest BCUT2D eigenvalue weighted by Crippen LogP contribution is 2.45. The van der Waals surface area contributed by atoms with Crippen LogP contribution in [0.15, 0.2) is 60.7 Å². The lowest BCUT2D eigenvalue weighted by Gasteiger charge is -2.20. The minimum atomic E-state index is 0.139. The average molecular weight is 471 g/mol. The van der Waals surface area contributed by atoms with Gasteiger partial charge in [0, 0.05) is 15.5 Å². The molecule has 1 heterocycles. The first kappa shape index (κ1) is 17.8. The molecule has 3 aromatic carbocycles. The average Bonchev–Trinajstić information content (AvgIpc) is 2.99. The number of hydrogen-bond acceptors (Lipinski definition) is 2. The summed E-state index contributed by atoms with van der Waals surface area (Å²) < 4.78 is 5.07.